The van der Waals surface area contributed by atoms with Gasteiger partial charge < -0.3 is 5.32 Å². The molecule has 3 heteroatoms. The lowest BCUT2D eigenvalue weighted by atomic mass is 9.75. The van der Waals surface area contributed by atoms with Crippen molar-refractivity contribution in [1.29, 1.82) is 0 Å². The average Bonchev–Trinajstić information content (AvgIpc) is 2.35. The van der Waals surface area contributed by atoms with Gasteiger partial charge in [-0.15, -0.1) is 0 Å². The molecule has 0 heterocycles. The lowest BCUT2D eigenvalue weighted by Crippen LogP contribution is -2.34. The van der Waals surface area contributed by atoms with Crippen LogP contribution < -0.4 is 5.32 Å². The molecule has 1 aliphatic rings. The SMILES string of the molecule is Fc1ccccc1C1CC(Nc2cccc(I)c2)C1. The van der Waals surface area contributed by atoms with Crippen LogP contribution in [0.1, 0.15) is 24.3 Å². The van der Waals surface area contributed by atoms with Crippen molar-refractivity contribution >= 4 is 28.3 Å². The maximum atomic E-state index is 13.6. The Morgan fingerprint density at radius 2 is 1.84 bits per heavy atom. The molecule has 2 aromatic rings. The van der Waals surface area contributed by atoms with Gasteiger partial charge in [0.05, 0.1) is 0 Å². The third-order valence-corrected chi connectivity index (χ3v) is 4.35. The van der Waals surface area contributed by atoms with E-state index in [1.165, 1.54) is 3.57 Å². The van der Waals surface area contributed by atoms with Gasteiger partial charge in [0.25, 0.3) is 0 Å². The Balaban J connectivity index is 1.60. The van der Waals surface area contributed by atoms with E-state index in [2.05, 4.69) is 52.2 Å². The van der Waals surface area contributed by atoms with Gasteiger partial charge in [-0.05, 0) is 71.2 Å². The molecule has 0 atom stereocenters. The molecule has 0 spiro atoms. The van der Waals surface area contributed by atoms with Crippen molar-refractivity contribution in [3.8, 4) is 0 Å². The average molecular weight is 367 g/mol. The van der Waals surface area contributed by atoms with Crippen molar-refractivity contribution in [3.05, 3.63) is 63.5 Å². The first kappa shape index (κ1) is 12.9. The van der Waals surface area contributed by atoms with Crippen molar-refractivity contribution in [2.45, 2.75) is 24.8 Å². The molecule has 1 saturated carbocycles. The van der Waals surface area contributed by atoms with Crippen molar-refractivity contribution in [2.24, 2.45) is 0 Å². The lowest BCUT2D eigenvalue weighted by molar-refractivity contribution is 0.363. The Hall–Kier alpha value is -1.10. The summed E-state index contributed by atoms with van der Waals surface area (Å²) in [4.78, 5) is 0. The minimum Gasteiger partial charge on any atom is -0.382 e. The van der Waals surface area contributed by atoms with Crippen LogP contribution in [0, 0.1) is 9.39 Å². The van der Waals surface area contributed by atoms with E-state index in [-0.39, 0.29) is 5.82 Å². The summed E-state index contributed by atoms with van der Waals surface area (Å²) in [5.74, 6) is 0.293. The van der Waals surface area contributed by atoms with Crippen molar-refractivity contribution in [1.82, 2.24) is 0 Å². The predicted octanol–water partition coefficient (Wildman–Crippen LogP) is 4.79. The summed E-state index contributed by atoms with van der Waals surface area (Å²) in [5, 5.41) is 3.51. The highest BCUT2D eigenvalue weighted by molar-refractivity contribution is 14.1. The fourth-order valence-corrected chi connectivity index (χ4v) is 3.15. The molecule has 0 bridgehead atoms. The Kier molecular flexibility index (Phi) is 3.73. The van der Waals surface area contributed by atoms with Gasteiger partial charge in [0, 0.05) is 15.3 Å². The standard InChI is InChI=1S/C16H15FIN/c17-16-7-2-1-6-15(16)11-8-14(9-11)19-13-5-3-4-12(18)10-13/h1-7,10-11,14,19H,8-9H2. The third-order valence-electron chi connectivity index (χ3n) is 3.68. The number of hydrogen-bond acceptors (Lipinski definition) is 1. The first-order chi connectivity index (χ1) is 9.22. The number of hydrogen-bond donors (Lipinski definition) is 1. The number of halogens is 2. The quantitative estimate of drug-likeness (QED) is 0.770. The largest absolute Gasteiger partial charge is 0.382 e. The zero-order valence-electron chi connectivity index (χ0n) is 10.4. The maximum Gasteiger partial charge on any atom is 0.126 e. The molecule has 98 valence electrons. The molecule has 0 aliphatic heterocycles. The summed E-state index contributed by atoms with van der Waals surface area (Å²) in [5.41, 5.74) is 2.02. The predicted molar refractivity (Wildman–Crippen MR) is 84.9 cm³/mol. The molecule has 0 aromatic heterocycles. The summed E-state index contributed by atoms with van der Waals surface area (Å²) < 4.78 is 14.9. The normalized spacial score (nSPS) is 21.8. The number of anilines is 1. The molecule has 2 aromatic carbocycles. The van der Waals surface area contributed by atoms with E-state index in [0.29, 0.717) is 12.0 Å². The van der Waals surface area contributed by atoms with Gasteiger partial charge in [0.15, 0.2) is 0 Å². The van der Waals surface area contributed by atoms with Crippen LogP contribution in [0.2, 0.25) is 0 Å². The van der Waals surface area contributed by atoms with Gasteiger partial charge >= 0.3 is 0 Å². The molecule has 0 radical (unpaired) electrons. The van der Waals surface area contributed by atoms with Crippen molar-refractivity contribution in [2.75, 3.05) is 5.32 Å². The van der Waals surface area contributed by atoms with E-state index < -0.39 is 0 Å². The van der Waals surface area contributed by atoms with Crippen LogP contribution in [-0.2, 0) is 0 Å². The Morgan fingerprint density at radius 3 is 2.58 bits per heavy atom. The first-order valence-electron chi connectivity index (χ1n) is 6.49. The van der Waals surface area contributed by atoms with Crippen LogP contribution in [-0.4, -0.2) is 6.04 Å². The molecule has 3 rings (SSSR count). The van der Waals surface area contributed by atoms with E-state index in [1.807, 2.05) is 12.1 Å². The summed E-state index contributed by atoms with van der Waals surface area (Å²) in [7, 11) is 0. The topological polar surface area (TPSA) is 12.0 Å². The highest BCUT2D eigenvalue weighted by Gasteiger charge is 2.31. The zero-order valence-corrected chi connectivity index (χ0v) is 12.6. The van der Waals surface area contributed by atoms with Crippen LogP contribution in [0.15, 0.2) is 48.5 Å². The molecule has 0 saturated heterocycles. The van der Waals surface area contributed by atoms with Crippen LogP contribution in [0.5, 0.6) is 0 Å². The van der Waals surface area contributed by atoms with Crippen LogP contribution in [0.25, 0.3) is 0 Å². The Bertz CT molecular complexity index is 578. The molecule has 0 unspecified atom stereocenters. The van der Waals surface area contributed by atoms with Gasteiger partial charge in [-0.25, -0.2) is 4.39 Å². The maximum absolute atomic E-state index is 13.6. The minimum atomic E-state index is -0.0693. The second kappa shape index (κ2) is 5.49. The molecule has 1 aliphatic carbocycles. The van der Waals surface area contributed by atoms with Gasteiger partial charge in [-0.3, -0.25) is 0 Å². The molecule has 19 heavy (non-hydrogen) atoms. The molecule has 0 amide bonds. The molecular weight excluding hydrogens is 352 g/mol. The first-order valence-corrected chi connectivity index (χ1v) is 7.57. The van der Waals surface area contributed by atoms with Crippen molar-refractivity contribution in [3.63, 3.8) is 0 Å². The Labute approximate surface area is 126 Å². The minimum absolute atomic E-state index is 0.0693. The molecule has 1 N–H and O–H groups in total. The van der Waals surface area contributed by atoms with Gasteiger partial charge in [-0.1, -0.05) is 24.3 Å². The fourth-order valence-electron chi connectivity index (χ4n) is 2.61. The number of nitrogens with one attached hydrogen (secondary N) is 1. The van der Waals surface area contributed by atoms with Crippen LogP contribution >= 0.6 is 22.6 Å². The van der Waals surface area contributed by atoms with Crippen LogP contribution in [0.3, 0.4) is 0 Å². The third kappa shape index (κ3) is 2.91. The second-order valence-electron chi connectivity index (χ2n) is 5.04. The van der Waals surface area contributed by atoms with Gasteiger partial charge in [-0.2, -0.15) is 0 Å². The highest BCUT2D eigenvalue weighted by atomic mass is 127. The molecule has 1 nitrogen and oxygen atoms in total. The summed E-state index contributed by atoms with van der Waals surface area (Å²) in [6.45, 7) is 0. The van der Waals surface area contributed by atoms with Gasteiger partial charge in [0.2, 0.25) is 0 Å². The van der Waals surface area contributed by atoms with Crippen molar-refractivity contribution < 1.29 is 4.39 Å². The molecular formula is C16H15FIN. The van der Waals surface area contributed by atoms with Crippen LogP contribution in [0.4, 0.5) is 10.1 Å². The number of rotatable bonds is 3. The Morgan fingerprint density at radius 1 is 1.05 bits per heavy atom. The van der Waals surface area contributed by atoms with E-state index in [9.17, 15) is 4.39 Å². The molecule has 1 fully saturated rings. The van der Waals surface area contributed by atoms with E-state index in [0.717, 1.165) is 24.1 Å². The highest BCUT2D eigenvalue weighted by Crippen LogP contribution is 2.39. The summed E-state index contributed by atoms with van der Waals surface area (Å²) >= 11 is 2.31. The van der Waals surface area contributed by atoms with E-state index in [1.54, 1.807) is 12.1 Å². The monoisotopic (exact) mass is 367 g/mol. The lowest BCUT2D eigenvalue weighted by Gasteiger charge is -2.37. The number of benzene rings is 2. The smallest absolute Gasteiger partial charge is 0.126 e. The summed E-state index contributed by atoms with van der Waals surface area (Å²) in [6.07, 6.45) is 2.01. The fraction of sp³-hybridized carbons (Fsp3) is 0.250. The second-order valence-corrected chi connectivity index (χ2v) is 6.29. The van der Waals surface area contributed by atoms with E-state index >= 15 is 0 Å². The van der Waals surface area contributed by atoms with Gasteiger partial charge in [0.1, 0.15) is 5.82 Å². The summed E-state index contributed by atoms with van der Waals surface area (Å²) in [6, 6.07) is 15.9. The zero-order chi connectivity index (χ0) is 13.2. The van der Waals surface area contributed by atoms with E-state index in [4.69, 9.17) is 0 Å².